The molecule has 0 aromatic heterocycles. The van der Waals surface area contributed by atoms with Crippen LogP contribution in [0.25, 0.3) is 0 Å². The zero-order valence-corrected chi connectivity index (χ0v) is 25.4. The predicted octanol–water partition coefficient (Wildman–Crippen LogP) is -0.318. The number of nitrogens with two attached hydrogens (primary N) is 1. The number of carboxylic acid groups (broad SMARTS) is 2. The van der Waals surface area contributed by atoms with Gasteiger partial charge in [0.25, 0.3) is 0 Å². The summed E-state index contributed by atoms with van der Waals surface area (Å²) in [5.74, 6) is -5.37. The molecule has 0 aliphatic carbocycles. The van der Waals surface area contributed by atoms with E-state index < -0.39 is 72.2 Å². The normalized spacial score (nSPS) is 17.7. The second-order valence-electron chi connectivity index (χ2n) is 11.2. The number of hydrogen-bond donors (Lipinski definition) is 7. The molecule has 15 heteroatoms. The third-order valence-corrected chi connectivity index (χ3v) is 7.79. The summed E-state index contributed by atoms with van der Waals surface area (Å²) >= 11 is 0. The number of nitrogens with one attached hydrogen (secondary N) is 3. The SMILES string of the molecule is CC[C@H](C)[C@H](NC(=O)[C@@H](N)CCC(=O)O)C(=O)N1CCC[C@H]1C(=O)N[C@@H](CCC(=O)O)C(=O)N[C@H](C=O)Cc1ccc(O)cc1. The van der Waals surface area contributed by atoms with Gasteiger partial charge in [-0.2, -0.15) is 0 Å². The van der Waals surface area contributed by atoms with Gasteiger partial charge in [-0.3, -0.25) is 28.8 Å². The lowest BCUT2D eigenvalue weighted by Gasteiger charge is -2.32. The molecule has 0 unspecified atom stereocenters. The van der Waals surface area contributed by atoms with Crippen molar-refractivity contribution in [2.45, 2.75) is 95.4 Å². The summed E-state index contributed by atoms with van der Waals surface area (Å²) in [5, 5.41) is 35.2. The van der Waals surface area contributed by atoms with Crippen LogP contribution >= 0.6 is 0 Å². The summed E-state index contributed by atoms with van der Waals surface area (Å²) < 4.78 is 0. The van der Waals surface area contributed by atoms with Crippen LogP contribution in [-0.4, -0.2) is 98.8 Å². The fraction of sp³-hybridized carbons (Fsp3) is 0.567. The van der Waals surface area contributed by atoms with Gasteiger partial charge in [0.2, 0.25) is 23.6 Å². The standard InChI is InChI=1S/C30H43N5O10/c1-3-17(2)26(34-27(42)21(31)10-12-24(38)39)30(45)35-14-4-5-23(35)29(44)33-22(11-13-25(40)41)28(43)32-19(16-36)15-18-6-8-20(37)9-7-18/h6-9,16-17,19,21-23,26,37H,3-5,10-15,31H2,1-2H3,(H,32,43)(H,33,44)(H,34,42)(H,38,39)(H,40,41)/t17-,19-,21-,22-,23-,26-/m0/s1. The highest BCUT2D eigenvalue weighted by atomic mass is 16.4. The number of amides is 4. The van der Waals surface area contributed by atoms with Crippen molar-refractivity contribution in [3.05, 3.63) is 29.8 Å². The number of aromatic hydroxyl groups is 1. The Labute approximate surface area is 260 Å². The molecule has 2 rings (SSSR count). The lowest BCUT2D eigenvalue weighted by molar-refractivity contribution is -0.143. The van der Waals surface area contributed by atoms with Crippen LogP contribution in [0.3, 0.4) is 0 Å². The first-order valence-corrected chi connectivity index (χ1v) is 14.9. The summed E-state index contributed by atoms with van der Waals surface area (Å²) in [6.07, 6.45) is 0.598. The number of aldehydes is 1. The zero-order valence-electron chi connectivity index (χ0n) is 25.4. The van der Waals surface area contributed by atoms with Gasteiger partial charge in [-0.25, -0.2) is 0 Å². The van der Waals surface area contributed by atoms with Crippen LogP contribution in [0.1, 0.15) is 64.4 Å². The van der Waals surface area contributed by atoms with E-state index in [0.717, 1.165) is 0 Å². The van der Waals surface area contributed by atoms with Crippen molar-refractivity contribution in [3.8, 4) is 5.75 Å². The van der Waals surface area contributed by atoms with Crippen LogP contribution in [0.4, 0.5) is 0 Å². The highest BCUT2D eigenvalue weighted by Gasteiger charge is 2.40. The molecule has 1 aromatic rings. The number of carbonyl (C=O) groups is 7. The van der Waals surface area contributed by atoms with Crippen LogP contribution in [-0.2, 0) is 40.0 Å². The molecule has 1 saturated heterocycles. The summed E-state index contributed by atoms with van der Waals surface area (Å²) in [6, 6.07) is 0.452. The molecule has 6 atom stereocenters. The summed E-state index contributed by atoms with van der Waals surface area (Å²) in [4.78, 5) is 88.2. The molecule has 1 aliphatic heterocycles. The molecular weight excluding hydrogens is 590 g/mol. The van der Waals surface area contributed by atoms with E-state index in [2.05, 4.69) is 16.0 Å². The van der Waals surface area contributed by atoms with Crippen molar-refractivity contribution in [2.75, 3.05) is 6.54 Å². The van der Waals surface area contributed by atoms with Crippen LogP contribution < -0.4 is 21.7 Å². The van der Waals surface area contributed by atoms with E-state index in [9.17, 15) is 43.8 Å². The maximum atomic E-state index is 13.7. The van der Waals surface area contributed by atoms with Crippen LogP contribution in [0, 0.1) is 5.92 Å². The number of rotatable bonds is 18. The van der Waals surface area contributed by atoms with Gasteiger partial charge >= 0.3 is 11.9 Å². The lowest BCUT2D eigenvalue weighted by atomic mass is 9.96. The van der Waals surface area contributed by atoms with Crippen molar-refractivity contribution in [2.24, 2.45) is 11.7 Å². The summed E-state index contributed by atoms with van der Waals surface area (Å²) in [6.45, 7) is 3.75. The number of phenolic OH excluding ortho intramolecular Hbond substituents is 1. The second kappa shape index (κ2) is 17.7. The third kappa shape index (κ3) is 11.5. The minimum atomic E-state index is -1.33. The van der Waals surface area contributed by atoms with Gasteiger partial charge in [0.1, 0.15) is 30.2 Å². The molecule has 1 aliphatic rings. The number of hydrogen-bond acceptors (Lipinski definition) is 9. The minimum absolute atomic E-state index is 0.0264. The van der Waals surface area contributed by atoms with E-state index in [4.69, 9.17) is 10.8 Å². The van der Waals surface area contributed by atoms with Gasteiger partial charge in [-0.05, 0) is 55.7 Å². The number of carboxylic acids is 2. The van der Waals surface area contributed by atoms with Gasteiger partial charge < -0.3 is 46.7 Å². The molecule has 4 amide bonds. The number of carbonyl (C=O) groups excluding carboxylic acids is 5. The first-order valence-electron chi connectivity index (χ1n) is 14.9. The first-order chi connectivity index (χ1) is 21.3. The number of aliphatic carboxylic acids is 2. The number of phenols is 1. The van der Waals surface area contributed by atoms with Gasteiger partial charge in [-0.1, -0.05) is 32.4 Å². The van der Waals surface area contributed by atoms with Crippen LogP contribution in [0.15, 0.2) is 24.3 Å². The molecule has 1 fully saturated rings. The predicted molar refractivity (Wildman–Crippen MR) is 160 cm³/mol. The Bertz CT molecular complexity index is 1220. The van der Waals surface area contributed by atoms with Crippen LogP contribution in [0.5, 0.6) is 5.75 Å². The fourth-order valence-corrected chi connectivity index (χ4v) is 4.94. The van der Waals surface area contributed by atoms with E-state index in [-0.39, 0.29) is 50.3 Å². The van der Waals surface area contributed by atoms with E-state index in [1.165, 1.54) is 17.0 Å². The number of likely N-dealkylation sites (tertiary alicyclic amines) is 1. The molecule has 248 valence electrons. The maximum Gasteiger partial charge on any atom is 0.303 e. The molecule has 45 heavy (non-hydrogen) atoms. The highest BCUT2D eigenvalue weighted by molar-refractivity contribution is 5.95. The molecule has 0 radical (unpaired) electrons. The molecule has 15 nitrogen and oxygen atoms in total. The maximum absolute atomic E-state index is 13.7. The summed E-state index contributed by atoms with van der Waals surface area (Å²) in [5.41, 5.74) is 6.48. The molecule has 0 saturated carbocycles. The second-order valence-corrected chi connectivity index (χ2v) is 11.2. The Kier molecular flexibility index (Phi) is 14.4. The van der Waals surface area contributed by atoms with Crippen LogP contribution in [0.2, 0.25) is 0 Å². The monoisotopic (exact) mass is 633 g/mol. The molecule has 1 heterocycles. The average Bonchev–Trinajstić information content (AvgIpc) is 3.50. The Balaban J connectivity index is 2.17. The molecule has 1 aromatic carbocycles. The smallest absolute Gasteiger partial charge is 0.303 e. The number of benzene rings is 1. The quantitative estimate of drug-likeness (QED) is 0.103. The Morgan fingerprint density at radius 2 is 1.60 bits per heavy atom. The van der Waals surface area contributed by atoms with Crippen molar-refractivity contribution in [1.29, 1.82) is 0 Å². The van der Waals surface area contributed by atoms with Crippen molar-refractivity contribution < 1.29 is 48.9 Å². The lowest BCUT2D eigenvalue weighted by Crippen LogP contribution is -2.59. The number of nitrogens with zero attached hydrogens (tertiary/aromatic N) is 1. The van der Waals surface area contributed by atoms with Crippen molar-refractivity contribution in [1.82, 2.24) is 20.9 Å². The zero-order chi connectivity index (χ0) is 33.7. The van der Waals surface area contributed by atoms with Crippen molar-refractivity contribution in [3.63, 3.8) is 0 Å². The Morgan fingerprint density at radius 1 is 0.978 bits per heavy atom. The Morgan fingerprint density at radius 3 is 2.18 bits per heavy atom. The molecule has 0 spiro atoms. The van der Waals surface area contributed by atoms with Gasteiger partial charge in [0.15, 0.2) is 0 Å². The fourth-order valence-electron chi connectivity index (χ4n) is 4.94. The summed E-state index contributed by atoms with van der Waals surface area (Å²) in [7, 11) is 0. The van der Waals surface area contributed by atoms with Crippen molar-refractivity contribution >= 4 is 41.9 Å². The van der Waals surface area contributed by atoms with E-state index >= 15 is 0 Å². The largest absolute Gasteiger partial charge is 0.508 e. The molecule has 0 bridgehead atoms. The topological polar surface area (TPSA) is 246 Å². The molecular formula is C30H43N5O10. The van der Waals surface area contributed by atoms with E-state index in [0.29, 0.717) is 24.7 Å². The minimum Gasteiger partial charge on any atom is -0.508 e. The Hall–Kier alpha value is -4.53. The van der Waals surface area contributed by atoms with Gasteiger partial charge in [0.05, 0.1) is 12.1 Å². The van der Waals surface area contributed by atoms with E-state index in [1.54, 1.807) is 19.1 Å². The van der Waals surface area contributed by atoms with E-state index in [1.807, 2.05) is 6.92 Å². The average molecular weight is 634 g/mol. The van der Waals surface area contributed by atoms with Gasteiger partial charge in [-0.15, -0.1) is 0 Å². The highest BCUT2D eigenvalue weighted by Crippen LogP contribution is 2.22. The van der Waals surface area contributed by atoms with Gasteiger partial charge in [0, 0.05) is 19.4 Å². The first kappa shape index (κ1) is 36.7. The molecule has 8 N–H and O–H groups in total. The third-order valence-electron chi connectivity index (χ3n) is 7.79.